The molecule has 0 aliphatic carbocycles. The highest BCUT2D eigenvalue weighted by Crippen LogP contribution is 2.21. The van der Waals surface area contributed by atoms with Gasteiger partial charge in [-0.05, 0) is 11.8 Å². The first-order valence-electron chi connectivity index (χ1n) is 4.26. The summed E-state index contributed by atoms with van der Waals surface area (Å²) in [7, 11) is 0. The standard InChI is InChI=1S/C9H20/c1-5-8(4)9(6-2)7-3/h8-9H,5-7H2,1-4H3. The Morgan fingerprint density at radius 3 is 1.44 bits per heavy atom. The summed E-state index contributed by atoms with van der Waals surface area (Å²) in [5, 5.41) is 0. The maximum absolute atomic E-state index is 2.36. The molecule has 0 heteroatoms. The fourth-order valence-corrected chi connectivity index (χ4v) is 1.43. The van der Waals surface area contributed by atoms with Gasteiger partial charge in [0.1, 0.15) is 0 Å². The molecule has 0 saturated carbocycles. The van der Waals surface area contributed by atoms with Crippen LogP contribution in [0.1, 0.15) is 47.0 Å². The molecule has 0 aromatic heterocycles. The minimum Gasteiger partial charge on any atom is -0.0651 e. The zero-order valence-electron chi connectivity index (χ0n) is 7.28. The third kappa shape index (κ3) is 2.88. The van der Waals surface area contributed by atoms with E-state index in [-0.39, 0.29) is 0 Å². The van der Waals surface area contributed by atoms with Gasteiger partial charge in [-0.1, -0.05) is 47.0 Å². The maximum Gasteiger partial charge on any atom is -0.0394 e. The smallest absolute Gasteiger partial charge is 0.0394 e. The molecule has 0 radical (unpaired) electrons. The first kappa shape index (κ1) is 9.00. The summed E-state index contributed by atoms with van der Waals surface area (Å²) < 4.78 is 0. The molecule has 9 heavy (non-hydrogen) atoms. The summed E-state index contributed by atoms with van der Waals surface area (Å²) in [4.78, 5) is 0. The Bertz CT molecular complexity index is 53.1. The summed E-state index contributed by atoms with van der Waals surface area (Å²) in [6, 6.07) is 0. The SMILES string of the molecule is CCC(C)C(CC)CC. The highest BCUT2D eigenvalue weighted by atomic mass is 14.2. The Labute approximate surface area is 59.7 Å². The van der Waals surface area contributed by atoms with Gasteiger partial charge in [-0.15, -0.1) is 0 Å². The molecular weight excluding hydrogens is 108 g/mol. The summed E-state index contributed by atoms with van der Waals surface area (Å²) in [6.07, 6.45) is 4.04. The van der Waals surface area contributed by atoms with Crippen LogP contribution in [0.2, 0.25) is 0 Å². The van der Waals surface area contributed by atoms with Crippen molar-refractivity contribution < 1.29 is 0 Å². The molecule has 0 nitrogen and oxygen atoms in total. The highest BCUT2D eigenvalue weighted by molar-refractivity contribution is 4.60. The molecule has 0 rings (SSSR count). The lowest BCUT2D eigenvalue weighted by atomic mass is 9.88. The number of rotatable bonds is 4. The predicted molar refractivity (Wildman–Crippen MR) is 43.5 cm³/mol. The normalized spacial score (nSPS) is 14.3. The van der Waals surface area contributed by atoms with Crippen molar-refractivity contribution in [1.82, 2.24) is 0 Å². The molecule has 0 aliphatic rings. The van der Waals surface area contributed by atoms with Crippen molar-refractivity contribution in [2.75, 3.05) is 0 Å². The zero-order valence-corrected chi connectivity index (χ0v) is 7.28. The maximum atomic E-state index is 2.36. The Kier molecular flexibility index (Phi) is 4.84. The van der Waals surface area contributed by atoms with E-state index < -0.39 is 0 Å². The second-order valence-corrected chi connectivity index (χ2v) is 2.96. The van der Waals surface area contributed by atoms with Gasteiger partial charge in [-0.2, -0.15) is 0 Å². The van der Waals surface area contributed by atoms with Crippen LogP contribution in [0, 0.1) is 11.8 Å². The van der Waals surface area contributed by atoms with Crippen LogP contribution in [-0.2, 0) is 0 Å². The third-order valence-electron chi connectivity index (χ3n) is 2.50. The quantitative estimate of drug-likeness (QED) is 0.544. The van der Waals surface area contributed by atoms with E-state index in [1.807, 2.05) is 0 Å². The Hall–Kier alpha value is 0. The van der Waals surface area contributed by atoms with Crippen molar-refractivity contribution in [1.29, 1.82) is 0 Å². The molecule has 1 unspecified atom stereocenters. The van der Waals surface area contributed by atoms with E-state index in [0.29, 0.717) is 0 Å². The lowest BCUT2D eigenvalue weighted by molar-refractivity contribution is 0.328. The molecule has 0 aromatic carbocycles. The average molecular weight is 128 g/mol. The number of hydrogen-bond donors (Lipinski definition) is 0. The van der Waals surface area contributed by atoms with E-state index in [1.165, 1.54) is 19.3 Å². The molecule has 0 aliphatic heterocycles. The fourth-order valence-electron chi connectivity index (χ4n) is 1.43. The second kappa shape index (κ2) is 4.84. The Morgan fingerprint density at radius 2 is 1.33 bits per heavy atom. The minimum atomic E-state index is 0.931. The lowest BCUT2D eigenvalue weighted by Crippen LogP contribution is -2.07. The fraction of sp³-hybridized carbons (Fsp3) is 1.00. The average Bonchev–Trinajstić information content (AvgIpc) is 1.90. The van der Waals surface area contributed by atoms with Crippen LogP contribution in [0.25, 0.3) is 0 Å². The van der Waals surface area contributed by atoms with Crippen molar-refractivity contribution in [3.8, 4) is 0 Å². The molecule has 0 aromatic rings. The molecule has 0 spiro atoms. The first-order chi connectivity index (χ1) is 4.26. The van der Waals surface area contributed by atoms with E-state index in [4.69, 9.17) is 0 Å². The largest absolute Gasteiger partial charge is 0.0651 e. The molecule has 0 bridgehead atoms. The Balaban J connectivity index is 3.50. The van der Waals surface area contributed by atoms with Crippen molar-refractivity contribution in [3.05, 3.63) is 0 Å². The molecule has 1 atom stereocenters. The lowest BCUT2D eigenvalue weighted by Gasteiger charge is -2.18. The molecule has 0 fully saturated rings. The van der Waals surface area contributed by atoms with Crippen LogP contribution in [0.4, 0.5) is 0 Å². The molecule has 0 saturated heterocycles. The van der Waals surface area contributed by atoms with Gasteiger partial charge in [0, 0.05) is 0 Å². The van der Waals surface area contributed by atoms with Gasteiger partial charge < -0.3 is 0 Å². The zero-order chi connectivity index (χ0) is 7.28. The summed E-state index contributed by atoms with van der Waals surface area (Å²) in [5.41, 5.74) is 0. The third-order valence-corrected chi connectivity index (χ3v) is 2.50. The van der Waals surface area contributed by atoms with Crippen molar-refractivity contribution in [2.45, 2.75) is 47.0 Å². The summed E-state index contributed by atoms with van der Waals surface area (Å²) in [6.45, 7) is 9.22. The van der Waals surface area contributed by atoms with Crippen LogP contribution >= 0.6 is 0 Å². The van der Waals surface area contributed by atoms with E-state index in [2.05, 4.69) is 27.7 Å². The van der Waals surface area contributed by atoms with Gasteiger partial charge in [0.15, 0.2) is 0 Å². The van der Waals surface area contributed by atoms with Gasteiger partial charge in [0.2, 0.25) is 0 Å². The summed E-state index contributed by atoms with van der Waals surface area (Å²) >= 11 is 0. The van der Waals surface area contributed by atoms with Crippen molar-refractivity contribution >= 4 is 0 Å². The Morgan fingerprint density at radius 1 is 0.889 bits per heavy atom. The summed E-state index contributed by atoms with van der Waals surface area (Å²) in [5.74, 6) is 1.90. The predicted octanol–water partition coefficient (Wildman–Crippen LogP) is 3.47. The minimum absolute atomic E-state index is 0.931. The van der Waals surface area contributed by atoms with Gasteiger partial charge in [0.05, 0.1) is 0 Å². The molecule has 0 N–H and O–H groups in total. The monoisotopic (exact) mass is 128 g/mol. The van der Waals surface area contributed by atoms with Crippen LogP contribution in [-0.4, -0.2) is 0 Å². The van der Waals surface area contributed by atoms with Crippen molar-refractivity contribution in [2.24, 2.45) is 11.8 Å². The molecule has 0 heterocycles. The van der Waals surface area contributed by atoms with Crippen LogP contribution in [0.5, 0.6) is 0 Å². The topological polar surface area (TPSA) is 0 Å². The van der Waals surface area contributed by atoms with E-state index >= 15 is 0 Å². The van der Waals surface area contributed by atoms with Gasteiger partial charge in [-0.25, -0.2) is 0 Å². The van der Waals surface area contributed by atoms with Crippen LogP contribution < -0.4 is 0 Å². The highest BCUT2D eigenvalue weighted by Gasteiger charge is 2.09. The number of hydrogen-bond acceptors (Lipinski definition) is 0. The van der Waals surface area contributed by atoms with Gasteiger partial charge in [0.25, 0.3) is 0 Å². The molecular formula is C9H20. The van der Waals surface area contributed by atoms with Crippen LogP contribution in [0.3, 0.4) is 0 Å². The van der Waals surface area contributed by atoms with E-state index in [9.17, 15) is 0 Å². The van der Waals surface area contributed by atoms with Gasteiger partial charge >= 0.3 is 0 Å². The van der Waals surface area contributed by atoms with Crippen molar-refractivity contribution in [3.63, 3.8) is 0 Å². The first-order valence-corrected chi connectivity index (χ1v) is 4.26. The molecule has 0 amide bonds. The second-order valence-electron chi connectivity index (χ2n) is 2.96. The van der Waals surface area contributed by atoms with E-state index in [0.717, 1.165) is 11.8 Å². The van der Waals surface area contributed by atoms with Gasteiger partial charge in [-0.3, -0.25) is 0 Å². The molecule has 56 valence electrons. The van der Waals surface area contributed by atoms with E-state index in [1.54, 1.807) is 0 Å². The van der Waals surface area contributed by atoms with Crippen LogP contribution in [0.15, 0.2) is 0 Å².